The van der Waals surface area contributed by atoms with Crippen molar-refractivity contribution < 1.29 is 18.8 Å². The Labute approximate surface area is 246 Å². The largest absolute Gasteiger partial charge is 0.426 e. The number of piperazine rings is 1. The summed E-state index contributed by atoms with van der Waals surface area (Å²) in [6.45, 7) is 13.0. The third kappa shape index (κ3) is 6.91. The van der Waals surface area contributed by atoms with Gasteiger partial charge in [0.2, 0.25) is 0 Å². The quantitative estimate of drug-likeness (QED) is 0.427. The lowest BCUT2D eigenvalue weighted by Crippen LogP contribution is -2.48. The van der Waals surface area contributed by atoms with E-state index in [2.05, 4.69) is 41.4 Å². The number of hydrogen-bond acceptors (Lipinski definition) is 7. The van der Waals surface area contributed by atoms with E-state index in [1.54, 1.807) is 26.9 Å². The maximum atomic E-state index is 15.3. The lowest BCUT2D eigenvalue weighted by Gasteiger charge is -2.34. The first kappa shape index (κ1) is 29.5. The van der Waals surface area contributed by atoms with Gasteiger partial charge in [-0.2, -0.15) is 5.10 Å². The number of rotatable bonds is 6. The van der Waals surface area contributed by atoms with E-state index in [4.69, 9.17) is 4.84 Å². The van der Waals surface area contributed by atoms with Crippen LogP contribution < -0.4 is 15.5 Å². The van der Waals surface area contributed by atoms with E-state index in [-0.39, 0.29) is 24.1 Å². The predicted octanol–water partition coefficient (Wildman–Crippen LogP) is 4.97. The first-order chi connectivity index (χ1) is 20.0. The first-order valence-corrected chi connectivity index (χ1v) is 14.4. The number of amides is 2. The van der Waals surface area contributed by atoms with Crippen molar-refractivity contribution in [3.05, 3.63) is 70.7 Å². The minimum absolute atomic E-state index is 0.0514. The second kappa shape index (κ2) is 12.1. The van der Waals surface area contributed by atoms with Crippen LogP contribution in [0, 0.1) is 18.2 Å². The molecule has 224 valence electrons. The number of aryl methyl sites for hydroxylation is 2. The van der Waals surface area contributed by atoms with Crippen LogP contribution in [0.15, 0.2) is 42.6 Å². The number of nitrogens with zero attached hydrogens (tertiary/aromatic N) is 5. The normalized spacial score (nSPS) is 15.8. The van der Waals surface area contributed by atoms with Gasteiger partial charge in [0.15, 0.2) is 0 Å². The molecule has 2 aliphatic rings. The lowest BCUT2D eigenvalue weighted by molar-refractivity contribution is -0.123. The van der Waals surface area contributed by atoms with Gasteiger partial charge < -0.3 is 25.3 Å². The maximum Gasteiger partial charge on any atom is 0.426 e. The highest BCUT2D eigenvalue weighted by Gasteiger charge is 2.28. The second-order valence-corrected chi connectivity index (χ2v) is 12.3. The van der Waals surface area contributed by atoms with E-state index in [0.29, 0.717) is 24.3 Å². The van der Waals surface area contributed by atoms with E-state index in [9.17, 15) is 9.59 Å². The van der Waals surface area contributed by atoms with Gasteiger partial charge in [-0.3, -0.25) is 9.48 Å². The van der Waals surface area contributed by atoms with Crippen LogP contribution in [0.1, 0.15) is 54.2 Å². The fourth-order valence-electron chi connectivity index (χ4n) is 5.16. The highest BCUT2D eigenvalue weighted by molar-refractivity contribution is 6.08. The summed E-state index contributed by atoms with van der Waals surface area (Å²) < 4.78 is 17.1. The van der Waals surface area contributed by atoms with Crippen LogP contribution in [0.2, 0.25) is 0 Å². The topological polar surface area (TPSA) is 95.0 Å². The maximum absolute atomic E-state index is 15.3. The van der Waals surface area contributed by atoms with Crippen LogP contribution in [0.4, 0.5) is 26.4 Å². The molecule has 0 saturated carbocycles. The number of fused-ring (bicyclic) bond motifs is 2. The third-order valence-electron chi connectivity index (χ3n) is 7.71. The van der Waals surface area contributed by atoms with Crippen molar-refractivity contribution in [1.82, 2.24) is 25.1 Å². The summed E-state index contributed by atoms with van der Waals surface area (Å²) in [4.78, 5) is 35.5. The number of hydrogen-bond donors (Lipinski definition) is 2. The van der Waals surface area contributed by atoms with Gasteiger partial charge in [-0.15, -0.1) is 5.06 Å². The van der Waals surface area contributed by atoms with Crippen molar-refractivity contribution in [3.8, 4) is 0 Å². The summed E-state index contributed by atoms with van der Waals surface area (Å²) in [5.74, 6) is -0.332. The van der Waals surface area contributed by atoms with Gasteiger partial charge in [0, 0.05) is 45.3 Å². The van der Waals surface area contributed by atoms with Crippen molar-refractivity contribution in [1.29, 1.82) is 0 Å². The Bertz CT molecular complexity index is 1460. The molecular weight excluding hydrogens is 537 g/mol. The van der Waals surface area contributed by atoms with Gasteiger partial charge in [-0.25, -0.2) is 9.18 Å². The Hall–Kier alpha value is -3.96. The molecule has 10 nitrogen and oxygen atoms in total. The van der Waals surface area contributed by atoms with E-state index in [1.807, 2.05) is 32.2 Å². The molecule has 1 fully saturated rings. The van der Waals surface area contributed by atoms with Gasteiger partial charge in [0.25, 0.3) is 5.91 Å². The predicted molar refractivity (Wildman–Crippen MR) is 160 cm³/mol. The smallest absolute Gasteiger partial charge is 0.351 e. The number of carbonyl (C=O) groups excluding carboxylic acids is 2. The molecule has 2 aromatic carbocycles. The molecule has 5 rings (SSSR count). The average molecular weight is 578 g/mol. The standard InChI is InChI=1S/C31H40FN7O3/c1-21-6-9-27-26(16-21)35-28-23(19-34-36(28)5)20-39(27)29(40)24-8-7-22(17-25(24)32)18-33-30(41)42-38-14-12-37(13-15-38)11-10-31(2,3)4/h6-9,16-17,19,35H,10-15,18,20H2,1-5H3,(H,33,41). The zero-order valence-electron chi connectivity index (χ0n) is 25.0. The minimum Gasteiger partial charge on any atom is -0.351 e. The molecule has 1 saturated heterocycles. The number of halogens is 1. The Morgan fingerprint density at radius 2 is 1.86 bits per heavy atom. The summed E-state index contributed by atoms with van der Waals surface area (Å²) in [5.41, 5.74) is 4.02. The van der Waals surface area contributed by atoms with Crippen LogP contribution >= 0.6 is 0 Å². The molecule has 0 bridgehead atoms. The van der Waals surface area contributed by atoms with Gasteiger partial charge in [-0.1, -0.05) is 32.9 Å². The molecule has 2 aliphatic heterocycles. The third-order valence-corrected chi connectivity index (χ3v) is 7.71. The number of carbonyl (C=O) groups is 2. The fourth-order valence-corrected chi connectivity index (χ4v) is 5.16. The van der Waals surface area contributed by atoms with Gasteiger partial charge in [-0.05, 0) is 60.7 Å². The highest BCUT2D eigenvalue weighted by Crippen LogP contribution is 2.37. The molecule has 42 heavy (non-hydrogen) atoms. The van der Waals surface area contributed by atoms with Gasteiger partial charge >= 0.3 is 6.09 Å². The second-order valence-electron chi connectivity index (χ2n) is 12.3. The Morgan fingerprint density at radius 1 is 1.10 bits per heavy atom. The molecule has 2 amide bonds. The van der Waals surface area contributed by atoms with Crippen LogP contribution in [0.5, 0.6) is 0 Å². The van der Waals surface area contributed by atoms with Crippen LogP contribution in [0.25, 0.3) is 0 Å². The summed E-state index contributed by atoms with van der Waals surface area (Å²) in [7, 11) is 1.83. The molecule has 2 N–H and O–H groups in total. The minimum atomic E-state index is -0.656. The molecule has 3 aromatic rings. The monoisotopic (exact) mass is 577 g/mol. The zero-order chi connectivity index (χ0) is 30.0. The molecule has 0 atom stereocenters. The van der Waals surface area contributed by atoms with E-state index in [0.717, 1.165) is 48.7 Å². The molecule has 0 spiro atoms. The first-order valence-electron chi connectivity index (χ1n) is 14.4. The number of aromatic nitrogens is 2. The van der Waals surface area contributed by atoms with Crippen molar-refractivity contribution >= 4 is 29.2 Å². The van der Waals surface area contributed by atoms with Crippen LogP contribution in [-0.4, -0.2) is 64.5 Å². The Balaban J connectivity index is 1.19. The summed E-state index contributed by atoms with van der Waals surface area (Å²) in [6.07, 6.45) is 2.23. The number of nitrogens with one attached hydrogen (secondary N) is 2. The number of benzene rings is 2. The number of hydroxylamine groups is 2. The van der Waals surface area contributed by atoms with Crippen molar-refractivity contribution in [2.45, 2.75) is 47.2 Å². The lowest BCUT2D eigenvalue weighted by atomic mass is 9.92. The Kier molecular flexibility index (Phi) is 8.51. The van der Waals surface area contributed by atoms with Crippen molar-refractivity contribution in [3.63, 3.8) is 0 Å². The van der Waals surface area contributed by atoms with Gasteiger partial charge in [0.1, 0.15) is 11.6 Å². The van der Waals surface area contributed by atoms with E-state index < -0.39 is 17.8 Å². The molecule has 0 aliphatic carbocycles. The highest BCUT2D eigenvalue weighted by atomic mass is 19.1. The number of anilines is 3. The van der Waals surface area contributed by atoms with Crippen molar-refractivity contribution in [2.24, 2.45) is 12.5 Å². The molecule has 3 heterocycles. The molecular formula is C31H40FN7O3. The molecule has 1 aromatic heterocycles. The average Bonchev–Trinajstić information content (AvgIpc) is 3.19. The zero-order valence-corrected chi connectivity index (χ0v) is 25.0. The van der Waals surface area contributed by atoms with Crippen LogP contribution in [0.3, 0.4) is 0 Å². The van der Waals surface area contributed by atoms with E-state index in [1.165, 1.54) is 12.1 Å². The summed E-state index contributed by atoms with van der Waals surface area (Å²) in [6, 6.07) is 10.1. The summed E-state index contributed by atoms with van der Waals surface area (Å²) >= 11 is 0. The van der Waals surface area contributed by atoms with Crippen LogP contribution in [-0.2, 0) is 25.0 Å². The Morgan fingerprint density at radius 3 is 2.57 bits per heavy atom. The fraction of sp³-hybridized carbons (Fsp3) is 0.452. The van der Waals surface area contributed by atoms with E-state index >= 15 is 4.39 Å². The summed E-state index contributed by atoms with van der Waals surface area (Å²) in [5, 5.41) is 12.0. The van der Waals surface area contributed by atoms with Gasteiger partial charge in [0.05, 0.1) is 29.7 Å². The SMILES string of the molecule is Cc1ccc2c(c1)Nc1c(cnn1C)CN2C(=O)c1ccc(CNC(=O)ON2CCN(CCC(C)(C)C)CC2)cc1F. The molecule has 11 heteroatoms. The molecule has 0 radical (unpaired) electrons. The van der Waals surface area contributed by atoms with Crippen molar-refractivity contribution in [2.75, 3.05) is 42.9 Å². The molecule has 0 unspecified atom stereocenters.